The first-order valence-corrected chi connectivity index (χ1v) is 7.44. The molecule has 18 heavy (non-hydrogen) atoms. The van der Waals surface area contributed by atoms with Crippen LogP contribution in [0.3, 0.4) is 0 Å². The molecule has 0 fully saturated rings. The van der Waals surface area contributed by atoms with Crippen LogP contribution in [-0.4, -0.2) is 27.2 Å². The van der Waals surface area contributed by atoms with Crippen LogP contribution in [0.15, 0.2) is 18.2 Å². The summed E-state index contributed by atoms with van der Waals surface area (Å²) in [6.07, 6.45) is 2.44. The third-order valence-corrected chi connectivity index (χ3v) is 3.47. The molecule has 2 unspecified atom stereocenters. The molecule has 0 radical (unpaired) electrons. The molecule has 0 aromatic heterocycles. The van der Waals surface area contributed by atoms with Crippen molar-refractivity contribution in [3.05, 3.63) is 33.9 Å². The largest absolute Gasteiger partial charge is 0.382 e. The van der Waals surface area contributed by atoms with Crippen molar-refractivity contribution in [3.8, 4) is 0 Å². The molecule has 0 heterocycles. The molecule has 2 atom stereocenters. The maximum absolute atomic E-state index is 11.0. The number of nitrogens with one attached hydrogen (secondary N) is 1. The predicted octanol–water partition coefficient (Wildman–Crippen LogP) is 2.47. The summed E-state index contributed by atoms with van der Waals surface area (Å²) in [4.78, 5) is 10.4. The van der Waals surface area contributed by atoms with Gasteiger partial charge in [0.15, 0.2) is 0 Å². The predicted molar refractivity (Wildman–Crippen MR) is 74.5 cm³/mol. The lowest BCUT2D eigenvalue weighted by Crippen LogP contribution is -2.17. The van der Waals surface area contributed by atoms with Gasteiger partial charge in [-0.3, -0.25) is 14.3 Å². The molecule has 1 rings (SSSR count). The van der Waals surface area contributed by atoms with E-state index in [0.717, 1.165) is 12.1 Å². The van der Waals surface area contributed by atoms with Gasteiger partial charge in [0.05, 0.1) is 4.92 Å². The van der Waals surface area contributed by atoms with Gasteiger partial charge < -0.3 is 5.32 Å². The van der Waals surface area contributed by atoms with Crippen molar-refractivity contribution in [2.24, 2.45) is 0 Å². The molecule has 0 spiro atoms. The molecule has 0 aliphatic rings. The highest BCUT2D eigenvalue weighted by Gasteiger charge is 2.12. The van der Waals surface area contributed by atoms with E-state index < -0.39 is 10.8 Å². The van der Waals surface area contributed by atoms with Crippen molar-refractivity contribution in [1.82, 2.24) is 0 Å². The number of rotatable bonds is 6. The molecule has 1 aromatic carbocycles. The van der Waals surface area contributed by atoms with Crippen LogP contribution in [0.2, 0.25) is 0 Å². The summed E-state index contributed by atoms with van der Waals surface area (Å²) >= 11 is 0. The van der Waals surface area contributed by atoms with E-state index in [1.807, 2.05) is 13.0 Å². The van der Waals surface area contributed by atoms with E-state index in [0.29, 0.717) is 11.3 Å². The van der Waals surface area contributed by atoms with E-state index in [-0.39, 0.29) is 16.7 Å². The van der Waals surface area contributed by atoms with Gasteiger partial charge in [-0.05, 0) is 26.3 Å². The SMILES string of the molecule is Cc1ccc(NC(C)CCS(C)=O)cc1[N+](=O)[O-]. The molecular weight excluding hydrogens is 252 g/mol. The number of hydrogen-bond acceptors (Lipinski definition) is 4. The molecule has 0 saturated carbocycles. The molecule has 5 nitrogen and oxygen atoms in total. The van der Waals surface area contributed by atoms with Crippen LogP contribution in [0.4, 0.5) is 11.4 Å². The van der Waals surface area contributed by atoms with Gasteiger partial charge in [0.1, 0.15) is 0 Å². The van der Waals surface area contributed by atoms with Crippen LogP contribution in [0.1, 0.15) is 18.9 Å². The summed E-state index contributed by atoms with van der Waals surface area (Å²) in [5, 5.41) is 14.0. The number of nitro benzene ring substituents is 1. The molecule has 1 N–H and O–H groups in total. The van der Waals surface area contributed by atoms with Crippen molar-refractivity contribution in [2.75, 3.05) is 17.3 Å². The third-order valence-electron chi connectivity index (χ3n) is 2.66. The molecular formula is C12H18N2O3S. The normalized spacial score (nSPS) is 13.9. The monoisotopic (exact) mass is 270 g/mol. The number of hydrogen-bond donors (Lipinski definition) is 1. The Hall–Kier alpha value is -1.43. The van der Waals surface area contributed by atoms with E-state index in [9.17, 15) is 14.3 Å². The average molecular weight is 270 g/mol. The number of benzene rings is 1. The Balaban J connectivity index is 2.70. The lowest BCUT2D eigenvalue weighted by molar-refractivity contribution is -0.385. The number of nitro groups is 1. The Morgan fingerprint density at radius 1 is 1.50 bits per heavy atom. The highest BCUT2D eigenvalue weighted by molar-refractivity contribution is 7.84. The summed E-state index contributed by atoms with van der Waals surface area (Å²) < 4.78 is 11.0. The molecule has 0 bridgehead atoms. The van der Waals surface area contributed by atoms with Gasteiger partial charge in [-0.15, -0.1) is 0 Å². The smallest absolute Gasteiger partial charge is 0.274 e. The maximum Gasteiger partial charge on any atom is 0.274 e. The number of anilines is 1. The Morgan fingerprint density at radius 3 is 2.72 bits per heavy atom. The van der Waals surface area contributed by atoms with Gasteiger partial charge in [0.25, 0.3) is 5.69 Å². The lowest BCUT2D eigenvalue weighted by Gasteiger charge is -2.14. The van der Waals surface area contributed by atoms with Gasteiger partial charge in [0.2, 0.25) is 0 Å². The second-order valence-electron chi connectivity index (χ2n) is 4.37. The average Bonchev–Trinajstić information content (AvgIpc) is 2.28. The Bertz CT molecular complexity index is 463. The van der Waals surface area contributed by atoms with Crippen molar-refractivity contribution in [1.29, 1.82) is 0 Å². The number of aryl methyl sites for hydroxylation is 1. The molecule has 100 valence electrons. The van der Waals surface area contributed by atoms with Crippen LogP contribution in [0, 0.1) is 17.0 Å². The highest BCUT2D eigenvalue weighted by Crippen LogP contribution is 2.22. The van der Waals surface area contributed by atoms with Crippen LogP contribution < -0.4 is 5.32 Å². The minimum absolute atomic E-state index is 0.117. The molecule has 0 aliphatic heterocycles. The maximum atomic E-state index is 11.0. The Morgan fingerprint density at radius 2 is 2.17 bits per heavy atom. The van der Waals surface area contributed by atoms with E-state index in [4.69, 9.17) is 0 Å². The number of nitrogens with zero attached hydrogens (tertiary/aromatic N) is 1. The minimum atomic E-state index is -0.808. The third kappa shape index (κ3) is 4.44. The van der Waals surface area contributed by atoms with Crippen LogP contribution in [-0.2, 0) is 10.8 Å². The first-order chi connectivity index (χ1) is 8.40. The summed E-state index contributed by atoms with van der Waals surface area (Å²) in [7, 11) is -0.808. The van der Waals surface area contributed by atoms with Crippen molar-refractivity contribution < 1.29 is 9.13 Å². The molecule has 0 aliphatic carbocycles. The molecule has 6 heteroatoms. The Labute approximate surface area is 109 Å². The molecule has 1 aromatic rings. The molecule has 0 amide bonds. The first kappa shape index (κ1) is 14.6. The summed E-state index contributed by atoms with van der Waals surface area (Å²) in [6.45, 7) is 3.68. The molecule has 0 saturated heterocycles. The van der Waals surface area contributed by atoms with Crippen LogP contribution in [0.5, 0.6) is 0 Å². The highest BCUT2D eigenvalue weighted by atomic mass is 32.2. The zero-order valence-electron chi connectivity index (χ0n) is 10.8. The second-order valence-corrected chi connectivity index (χ2v) is 5.92. The topological polar surface area (TPSA) is 72.2 Å². The van der Waals surface area contributed by atoms with Crippen molar-refractivity contribution in [3.63, 3.8) is 0 Å². The summed E-state index contributed by atoms with van der Waals surface area (Å²) in [5.74, 6) is 0.627. The van der Waals surface area contributed by atoms with E-state index in [1.165, 1.54) is 6.07 Å². The second kappa shape index (κ2) is 6.49. The zero-order valence-corrected chi connectivity index (χ0v) is 11.6. The van der Waals surface area contributed by atoms with Gasteiger partial charge in [-0.25, -0.2) is 0 Å². The van der Waals surface area contributed by atoms with Crippen molar-refractivity contribution in [2.45, 2.75) is 26.3 Å². The van der Waals surface area contributed by atoms with Crippen LogP contribution in [0.25, 0.3) is 0 Å². The van der Waals surface area contributed by atoms with Gasteiger partial charge >= 0.3 is 0 Å². The van der Waals surface area contributed by atoms with Gasteiger partial charge in [0, 0.05) is 46.2 Å². The summed E-state index contributed by atoms with van der Waals surface area (Å²) in [6, 6.07) is 5.22. The van der Waals surface area contributed by atoms with Gasteiger partial charge in [-0.2, -0.15) is 0 Å². The quantitative estimate of drug-likeness (QED) is 0.636. The van der Waals surface area contributed by atoms with E-state index >= 15 is 0 Å². The van der Waals surface area contributed by atoms with E-state index in [1.54, 1.807) is 19.2 Å². The lowest BCUT2D eigenvalue weighted by atomic mass is 10.1. The zero-order chi connectivity index (χ0) is 13.7. The van der Waals surface area contributed by atoms with Gasteiger partial charge in [-0.1, -0.05) is 6.07 Å². The van der Waals surface area contributed by atoms with E-state index in [2.05, 4.69) is 5.32 Å². The summed E-state index contributed by atoms with van der Waals surface area (Å²) in [5.41, 5.74) is 1.49. The fraction of sp³-hybridized carbons (Fsp3) is 0.500. The fourth-order valence-corrected chi connectivity index (χ4v) is 2.28. The Kier molecular flexibility index (Phi) is 5.27. The fourth-order valence-electron chi connectivity index (χ4n) is 1.60. The van der Waals surface area contributed by atoms with Crippen molar-refractivity contribution >= 4 is 22.2 Å². The van der Waals surface area contributed by atoms with Crippen LogP contribution >= 0.6 is 0 Å². The first-order valence-electron chi connectivity index (χ1n) is 5.71. The standard InChI is InChI=1S/C12H18N2O3S/c1-9-4-5-11(8-12(9)14(15)16)13-10(2)6-7-18(3)17/h4-5,8,10,13H,6-7H2,1-3H3. The minimum Gasteiger partial charge on any atom is -0.382 e.